The van der Waals surface area contributed by atoms with Crippen LogP contribution in [0.4, 0.5) is 10.5 Å². The van der Waals surface area contributed by atoms with Crippen molar-refractivity contribution in [2.24, 2.45) is 4.99 Å². The van der Waals surface area contributed by atoms with Crippen molar-refractivity contribution in [1.82, 2.24) is 10.8 Å². The van der Waals surface area contributed by atoms with Crippen LogP contribution in [-0.4, -0.2) is 64.1 Å². The van der Waals surface area contributed by atoms with E-state index in [1.54, 1.807) is 30.3 Å². The predicted octanol–water partition coefficient (Wildman–Crippen LogP) is -1.26. The molecule has 2 amide bonds. The van der Waals surface area contributed by atoms with Crippen molar-refractivity contribution >= 4 is 23.5 Å². The second-order valence-electron chi connectivity index (χ2n) is 5.41. The number of aliphatic hydroxyl groups excluding tert-OH is 3. The molecule has 0 bridgehead atoms. The summed E-state index contributed by atoms with van der Waals surface area (Å²) in [6, 6.07) is 6.40. The predicted molar refractivity (Wildman–Crippen MR) is 87.6 cm³/mol. The van der Waals surface area contributed by atoms with Gasteiger partial charge < -0.3 is 25.5 Å². The SMILES string of the molecule is CC(=O)N[C@H]1C(NOC(=O)Nc2ccccc2)=N[C@H](CO)[C@@H](O)[C@@H]1O. The Balaban J connectivity index is 2.05. The van der Waals surface area contributed by atoms with Crippen LogP contribution in [0.2, 0.25) is 0 Å². The molecule has 0 aliphatic carbocycles. The van der Waals surface area contributed by atoms with Gasteiger partial charge in [0.25, 0.3) is 0 Å². The highest BCUT2D eigenvalue weighted by Gasteiger charge is 2.40. The summed E-state index contributed by atoms with van der Waals surface area (Å²) in [6.45, 7) is 0.685. The van der Waals surface area contributed by atoms with E-state index >= 15 is 0 Å². The zero-order valence-corrected chi connectivity index (χ0v) is 13.4. The van der Waals surface area contributed by atoms with Crippen molar-refractivity contribution in [3.05, 3.63) is 30.3 Å². The molecule has 0 spiro atoms. The standard InChI is InChI=1S/C15H20N4O6/c1-8(21)16-11-13(23)12(22)10(7-20)18-14(11)19-25-15(24)17-9-5-3-2-4-6-9/h2-6,10-13,20,22-23H,7H2,1H3,(H,16,21)(H,17,24)(H,18,19)/t10-,11-,12-,13-/m1/s1. The molecular formula is C15H20N4O6. The molecule has 0 unspecified atom stereocenters. The molecule has 10 heteroatoms. The molecule has 136 valence electrons. The van der Waals surface area contributed by atoms with Crippen molar-refractivity contribution in [3.8, 4) is 0 Å². The number of benzene rings is 1. The van der Waals surface area contributed by atoms with Gasteiger partial charge in [-0.15, -0.1) is 0 Å². The summed E-state index contributed by atoms with van der Waals surface area (Å²) in [6.07, 6.45) is -3.68. The van der Waals surface area contributed by atoms with Crippen molar-refractivity contribution in [2.75, 3.05) is 11.9 Å². The smallest absolute Gasteiger partial charge is 0.394 e. The van der Waals surface area contributed by atoms with Gasteiger partial charge in [0.15, 0.2) is 5.84 Å². The molecule has 1 aromatic rings. The number of hydrogen-bond acceptors (Lipinski definition) is 8. The highest BCUT2D eigenvalue weighted by molar-refractivity contribution is 5.93. The van der Waals surface area contributed by atoms with Crippen molar-refractivity contribution in [1.29, 1.82) is 0 Å². The van der Waals surface area contributed by atoms with E-state index in [-0.39, 0.29) is 5.84 Å². The second-order valence-corrected chi connectivity index (χ2v) is 5.41. The van der Waals surface area contributed by atoms with Gasteiger partial charge in [0, 0.05) is 12.6 Å². The highest BCUT2D eigenvalue weighted by atomic mass is 16.7. The van der Waals surface area contributed by atoms with Gasteiger partial charge in [-0.2, -0.15) is 0 Å². The molecule has 0 saturated carbocycles. The summed E-state index contributed by atoms with van der Waals surface area (Å²) in [7, 11) is 0. The van der Waals surface area contributed by atoms with E-state index in [9.17, 15) is 24.9 Å². The van der Waals surface area contributed by atoms with Crippen molar-refractivity contribution in [3.63, 3.8) is 0 Å². The van der Waals surface area contributed by atoms with Gasteiger partial charge >= 0.3 is 6.09 Å². The van der Waals surface area contributed by atoms with Crippen LogP contribution in [0.25, 0.3) is 0 Å². The number of para-hydroxylation sites is 1. The average Bonchev–Trinajstić information content (AvgIpc) is 2.59. The molecule has 2 rings (SSSR count). The van der Waals surface area contributed by atoms with E-state index in [4.69, 9.17) is 4.84 Å². The lowest BCUT2D eigenvalue weighted by molar-refractivity contribution is -0.120. The maximum Gasteiger partial charge on any atom is 0.435 e. The number of carbonyl (C=O) groups excluding carboxylic acids is 2. The number of hydroxylamine groups is 1. The fraction of sp³-hybridized carbons (Fsp3) is 0.400. The summed E-state index contributed by atoms with van der Waals surface area (Å²) < 4.78 is 0. The molecule has 0 aromatic heterocycles. The second kappa shape index (κ2) is 8.42. The molecule has 4 atom stereocenters. The van der Waals surface area contributed by atoms with E-state index in [1.165, 1.54) is 6.92 Å². The molecule has 0 fully saturated rings. The fourth-order valence-corrected chi connectivity index (χ4v) is 2.30. The number of nitrogens with zero attached hydrogens (tertiary/aromatic N) is 1. The minimum atomic E-state index is -1.44. The first-order valence-electron chi connectivity index (χ1n) is 7.53. The molecule has 0 saturated heterocycles. The first-order chi connectivity index (χ1) is 11.9. The highest BCUT2D eigenvalue weighted by Crippen LogP contribution is 2.15. The van der Waals surface area contributed by atoms with E-state index < -0.39 is 42.9 Å². The Morgan fingerprint density at radius 1 is 1.20 bits per heavy atom. The summed E-state index contributed by atoms with van der Waals surface area (Å²) in [4.78, 5) is 31.9. The van der Waals surface area contributed by atoms with E-state index in [0.29, 0.717) is 5.69 Å². The number of aliphatic imine (C=N–C) groups is 1. The quantitative estimate of drug-likeness (QED) is 0.371. The maximum atomic E-state index is 11.8. The third-order valence-corrected chi connectivity index (χ3v) is 3.50. The number of rotatable bonds is 3. The molecular weight excluding hydrogens is 332 g/mol. The first-order valence-corrected chi connectivity index (χ1v) is 7.53. The van der Waals surface area contributed by atoms with Gasteiger partial charge in [-0.05, 0) is 12.1 Å². The Hall–Kier alpha value is -2.69. The summed E-state index contributed by atoms with van der Waals surface area (Å²) in [5.74, 6) is -0.586. The Kier molecular flexibility index (Phi) is 6.28. The Labute approximate surface area is 143 Å². The monoisotopic (exact) mass is 352 g/mol. The number of anilines is 1. The van der Waals surface area contributed by atoms with Crippen LogP contribution in [-0.2, 0) is 9.63 Å². The number of aliphatic hydroxyl groups is 3. The molecule has 25 heavy (non-hydrogen) atoms. The molecule has 1 aromatic carbocycles. The minimum absolute atomic E-state index is 0.102. The third-order valence-electron chi connectivity index (χ3n) is 3.50. The Bertz CT molecular complexity index is 638. The lowest BCUT2D eigenvalue weighted by atomic mass is 9.95. The fourth-order valence-electron chi connectivity index (χ4n) is 2.30. The van der Waals surface area contributed by atoms with Crippen LogP contribution >= 0.6 is 0 Å². The summed E-state index contributed by atoms with van der Waals surface area (Å²) in [5.41, 5.74) is 2.76. The van der Waals surface area contributed by atoms with E-state index in [0.717, 1.165) is 0 Å². The number of hydrogen-bond donors (Lipinski definition) is 6. The first kappa shape index (κ1) is 18.6. The van der Waals surface area contributed by atoms with Crippen LogP contribution in [0.15, 0.2) is 35.3 Å². The van der Waals surface area contributed by atoms with Gasteiger partial charge in [0.05, 0.1) is 6.61 Å². The zero-order chi connectivity index (χ0) is 18.4. The van der Waals surface area contributed by atoms with Gasteiger partial charge in [-0.1, -0.05) is 18.2 Å². The van der Waals surface area contributed by atoms with E-state index in [1.807, 2.05) is 0 Å². The van der Waals surface area contributed by atoms with Crippen LogP contribution in [0.1, 0.15) is 6.92 Å². The average molecular weight is 352 g/mol. The molecule has 1 aliphatic heterocycles. The van der Waals surface area contributed by atoms with Crippen LogP contribution in [0.3, 0.4) is 0 Å². The maximum absolute atomic E-state index is 11.8. The van der Waals surface area contributed by atoms with Crippen LogP contribution in [0.5, 0.6) is 0 Å². The molecule has 1 heterocycles. The third kappa shape index (κ3) is 4.89. The summed E-state index contributed by atoms with van der Waals surface area (Å²) in [5, 5.41) is 34.1. The van der Waals surface area contributed by atoms with Crippen LogP contribution < -0.4 is 16.1 Å². The van der Waals surface area contributed by atoms with E-state index in [2.05, 4.69) is 21.1 Å². The largest absolute Gasteiger partial charge is 0.435 e. The molecule has 10 nitrogen and oxygen atoms in total. The number of nitrogens with one attached hydrogen (secondary N) is 3. The zero-order valence-electron chi connectivity index (χ0n) is 13.4. The van der Waals surface area contributed by atoms with Gasteiger partial charge in [0.2, 0.25) is 5.91 Å². The summed E-state index contributed by atoms with van der Waals surface area (Å²) >= 11 is 0. The lowest BCUT2D eigenvalue weighted by Gasteiger charge is -2.35. The topological polar surface area (TPSA) is 153 Å². The molecule has 6 N–H and O–H groups in total. The number of carbonyl (C=O) groups is 2. The van der Waals surface area contributed by atoms with Gasteiger partial charge in [-0.3, -0.25) is 15.1 Å². The van der Waals surface area contributed by atoms with Gasteiger partial charge in [0.1, 0.15) is 24.3 Å². The van der Waals surface area contributed by atoms with Crippen molar-refractivity contribution < 1.29 is 29.7 Å². The Morgan fingerprint density at radius 3 is 2.48 bits per heavy atom. The lowest BCUT2D eigenvalue weighted by Crippen LogP contribution is -2.62. The normalized spacial score (nSPS) is 25.5. The van der Waals surface area contributed by atoms with Crippen molar-refractivity contribution in [2.45, 2.75) is 31.2 Å². The molecule has 0 radical (unpaired) electrons. The molecule has 1 aliphatic rings. The number of amidine groups is 1. The van der Waals surface area contributed by atoms with Gasteiger partial charge in [-0.25, -0.2) is 10.3 Å². The number of amides is 2. The minimum Gasteiger partial charge on any atom is -0.394 e. The Morgan fingerprint density at radius 2 is 1.88 bits per heavy atom. The van der Waals surface area contributed by atoms with Crippen LogP contribution in [0, 0.1) is 0 Å².